The molecule has 0 saturated carbocycles. The number of esters is 1. The van der Waals surface area contributed by atoms with Crippen molar-refractivity contribution in [3.8, 4) is 11.1 Å². The van der Waals surface area contributed by atoms with Crippen molar-refractivity contribution in [3.63, 3.8) is 0 Å². The summed E-state index contributed by atoms with van der Waals surface area (Å²) in [6.45, 7) is 5.96. The summed E-state index contributed by atoms with van der Waals surface area (Å²) in [6.07, 6.45) is 5.41. The zero-order valence-electron chi connectivity index (χ0n) is 22.0. The van der Waals surface area contributed by atoms with Gasteiger partial charge in [-0.1, -0.05) is 48.5 Å². The van der Waals surface area contributed by atoms with Gasteiger partial charge in [0.2, 0.25) is 0 Å². The Hall–Kier alpha value is -4.14. The highest BCUT2D eigenvalue weighted by atomic mass is 16.6. The molecule has 2 amide bonds. The lowest BCUT2D eigenvalue weighted by atomic mass is 9.98. The maximum Gasteiger partial charge on any atom is 0.407 e. The van der Waals surface area contributed by atoms with E-state index < -0.39 is 29.7 Å². The minimum atomic E-state index is -0.821. The number of nitrogens with one attached hydrogen (secondary N) is 2. The summed E-state index contributed by atoms with van der Waals surface area (Å²) >= 11 is 0. The number of carbonyl (C=O) groups is 3. The lowest BCUT2D eigenvalue weighted by Crippen LogP contribution is -2.45. The highest BCUT2D eigenvalue weighted by molar-refractivity contribution is 5.84. The minimum absolute atomic E-state index is 0.00171. The van der Waals surface area contributed by atoms with E-state index in [1.807, 2.05) is 24.3 Å². The Morgan fingerprint density at radius 3 is 2.26 bits per heavy atom. The van der Waals surface area contributed by atoms with E-state index in [4.69, 9.17) is 9.47 Å². The number of alkyl carbamates (subject to hydrolysis) is 1. The van der Waals surface area contributed by atoms with Gasteiger partial charge in [0.25, 0.3) is 0 Å². The molecule has 1 unspecified atom stereocenters. The topological polar surface area (TPSA) is 112 Å². The molecule has 3 aromatic rings. The molecule has 0 saturated heterocycles. The lowest BCUT2D eigenvalue weighted by Gasteiger charge is -2.24. The Bertz CT molecular complexity index is 1220. The van der Waals surface area contributed by atoms with E-state index in [2.05, 4.69) is 39.9 Å². The van der Waals surface area contributed by atoms with Crippen LogP contribution in [0.5, 0.6) is 0 Å². The normalized spacial score (nSPS) is 13.2. The van der Waals surface area contributed by atoms with E-state index in [-0.39, 0.29) is 12.5 Å². The highest BCUT2D eigenvalue weighted by Gasteiger charge is 2.29. The number of nitrogens with zero attached hydrogens (tertiary/aromatic N) is 2. The summed E-state index contributed by atoms with van der Waals surface area (Å²) in [5.41, 5.74) is 3.99. The van der Waals surface area contributed by atoms with E-state index in [9.17, 15) is 14.4 Å². The average molecular weight is 519 g/mol. The number of imidazole rings is 1. The Labute approximate surface area is 222 Å². The minimum Gasteiger partial charge on any atom is -0.458 e. The van der Waals surface area contributed by atoms with Crippen molar-refractivity contribution >= 4 is 18.1 Å². The Morgan fingerprint density at radius 1 is 1.00 bits per heavy atom. The number of rotatable bonds is 9. The maximum atomic E-state index is 12.7. The van der Waals surface area contributed by atoms with Crippen molar-refractivity contribution in [3.05, 3.63) is 78.4 Å². The third kappa shape index (κ3) is 6.79. The number of amides is 2. The van der Waals surface area contributed by atoms with Crippen LogP contribution in [-0.2, 0) is 14.3 Å². The second-order valence-corrected chi connectivity index (χ2v) is 10.3. The van der Waals surface area contributed by atoms with Gasteiger partial charge >= 0.3 is 18.1 Å². The molecule has 1 aliphatic carbocycles. The first kappa shape index (κ1) is 26.9. The summed E-state index contributed by atoms with van der Waals surface area (Å²) in [5.74, 6) is -0.502. The van der Waals surface area contributed by atoms with Crippen LogP contribution in [-0.4, -0.2) is 52.4 Å². The van der Waals surface area contributed by atoms with Gasteiger partial charge in [-0.2, -0.15) is 0 Å². The van der Waals surface area contributed by atoms with Gasteiger partial charge in [0, 0.05) is 24.9 Å². The maximum absolute atomic E-state index is 12.7. The molecule has 1 aliphatic rings. The zero-order chi connectivity index (χ0) is 27.1. The van der Waals surface area contributed by atoms with Crippen molar-refractivity contribution < 1.29 is 23.9 Å². The van der Waals surface area contributed by atoms with Gasteiger partial charge in [0.15, 0.2) is 0 Å². The Balaban J connectivity index is 1.23. The molecule has 0 radical (unpaired) electrons. The van der Waals surface area contributed by atoms with Crippen molar-refractivity contribution in [2.24, 2.45) is 0 Å². The molecule has 1 heterocycles. The first-order chi connectivity index (χ1) is 18.2. The molecule has 2 aromatic carbocycles. The Morgan fingerprint density at radius 2 is 1.66 bits per heavy atom. The highest BCUT2D eigenvalue weighted by Crippen LogP contribution is 2.44. The quantitative estimate of drug-likeness (QED) is 0.309. The fourth-order valence-electron chi connectivity index (χ4n) is 4.54. The second-order valence-electron chi connectivity index (χ2n) is 10.3. The molecule has 9 nitrogen and oxygen atoms in total. The van der Waals surface area contributed by atoms with Crippen LogP contribution in [0.4, 0.5) is 9.59 Å². The second kappa shape index (κ2) is 11.9. The van der Waals surface area contributed by atoms with Gasteiger partial charge in [-0.15, -0.1) is 0 Å². The number of fused-ring (bicyclic) bond motifs is 3. The third-order valence-corrected chi connectivity index (χ3v) is 6.26. The number of unbranched alkanes of at least 4 members (excludes halogenated alkanes) is 1. The fourth-order valence-corrected chi connectivity index (χ4v) is 4.54. The van der Waals surface area contributed by atoms with Gasteiger partial charge < -0.3 is 20.1 Å². The van der Waals surface area contributed by atoms with Gasteiger partial charge in [0.1, 0.15) is 24.6 Å². The van der Waals surface area contributed by atoms with E-state index >= 15 is 0 Å². The molecule has 38 heavy (non-hydrogen) atoms. The van der Waals surface area contributed by atoms with Crippen LogP contribution in [0.3, 0.4) is 0 Å². The zero-order valence-corrected chi connectivity index (χ0v) is 22.0. The predicted molar refractivity (Wildman–Crippen MR) is 143 cm³/mol. The van der Waals surface area contributed by atoms with Crippen LogP contribution in [0.1, 0.15) is 57.1 Å². The molecule has 1 aromatic heterocycles. The first-order valence-corrected chi connectivity index (χ1v) is 12.8. The predicted octanol–water partition coefficient (Wildman–Crippen LogP) is 4.86. The standard InChI is InChI=1S/C29H34N4O5/c1-29(2,3)38-26(34)25(32-27(35)33-17-16-30-19-33)14-8-9-15-31-28(36)37-18-24-22-12-6-4-10-20(22)21-11-5-7-13-23(21)24/h4-7,10-13,16-17,19,24-25H,8-9,14-15,18H2,1-3H3,(H,31,36)(H,32,35). The van der Waals surface area contributed by atoms with E-state index in [0.717, 1.165) is 11.1 Å². The molecule has 0 bridgehead atoms. The first-order valence-electron chi connectivity index (χ1n) is 12.8. The van der Waals surface area contributed by atoms with Crippen molar-refractivity contribution in [1.29, 1.82) is 0 Å². The van der Waals surface area contributed by atoms with Crippen LogP contribution in [0.15, 0.2) is 67.3 Å². The van der Waals surface area contributed by atoms with E-state index in [1.165, 1.54) is 34.4 Å². The number of aromatic nitrogens is 2. The van der Waals surface area contributed by atoms with Crippen LogP contribution in [0, 0.1) is 0 Å². The van der Waals surface area contributed by atoms with Crippen molar-refractivity contribution in [2.45, 2.75) is 57.6 Å². The number of benzene rings is 2. The summed E-state index contributed by atoms with van der Waals surface area (Å²) in [6, 6.07) is 15.1. The monoisotopic (exact) mass is 518 g/mol. The third-order valence-electron chi connectivity index (χ3n) is 6.26. The summed E-state index contributed by atoms with van der Waals surface area (Å²) in [7, 11) is 0. The summed E-state index contributed by atoms with van der Waals surface area (Å²) < 4.78 is 12.3. The molecular formula is C29H34N4O5. The molecular weight excluding hydrogens is 484 g/mol. The average Bonchev–Trinajstić information content (AvgIpc) is 3.52. The van der Waals surface area contributed by atoms with Crippen LogP contribution in [0.25, 0.3) is 11.1 Å². The van der Waals surface area contributed by atoms with Gasteiger partial charge in [0.05, 0.1) is 0 Å². The van der Waals surface area contributed by atoms with Gasteiger partial charge in [-0.05, 0) is 62.3 Å². The smallest absolute Gasteiger partial charge is 0.407 e. The fraction of sp³-hybridized carbons (Fsp3) is 0.379. The van der Waals surface area contributed by atoms with Gasteiger partial charge in [-0.3, -0.25) is 4.57 Å². The molecule has 0 spiro atoms. The largest absolute Gasteiger partial charge is 0.458 e. The van der Waals surface area contributed by atoms with E-state index in [1.54, 1.807) is 20.8 Å². The summed E-state index contributed by atoms with van der Waals surface area (Å²) in [5, 5.41) is 5.49. The van der Waals surface area contributed by atoms with Crippen molar-refractivity contribution in [2.75, 3.05) is 13.2 Å². The molecule has 0 aliphatic heterocycles. The van der Waals surface area contributed by atoms with E-state index in [0.29, 0.717) is 25.8 Å². The summed E-state index contributed by atoms with van der Waals surface area (Å²) in [4.78, 5) is 41.3. The van der Waals surface area contributed by atoms with Gasteiger partial charge in [-0.25, -0.2) is 19.4 Å². The van der Waals surface area contributed by atoms with Crippen molar-refractivity contribution in [1.82, 2.24) is 20.2 Å². The van der Waals surface area contributed by atoms with Crippen LogP contribution in [0.2, 0.25) is 0 Å². The molecule has 1 atom stereocenters. The number of ether oxygens (including phenoxy) is 2. The lowest BCUT2D eigenvalue weighted by molar-refractivity contribution is -0.157. The molecule has 9 heteroatoms. The van der Waals surface area contributed by atoms with Crippen LogP contribution >= 0.6 is 0 Å². The molecule has 2 N–H and O–H groups in total. The number of carbonyl (C=O) groups excluding carboxylic acids is 3. The SMILES string of the molecule is CC(C)(C)OC(=O)C(CCCCNC(=O)OCC1c2ccccc2-c2ccccc21)NC(=O)n1ccnc1. The number of hydrogen-bond acceptors (Lipinski definition) is 6. The molecule has 200 valence electrons. The molecule has 4 rings (SSSR count). The van der Waals surface area contributed by atoms with Crippen LogP contribution < -0.4 is 10.6 Å². The molecule has 0 fully saturated rings. The Kier molecular flexibility index (Phi) is 8.45. The number of hydrogen-bond donors (Lipinski definition) is 2.